The summed E-state index contributed by atoms with van der Waals surface area (Å²) < 4.78 is 11.7. The Bertz CT molecular complexity index is 852. The Hall–Kier alpha value is -2.08. The zero-order chi connectivity index (χ0) is 17.2. The first-order chi connectivity index (χ1) is 12.2. The van der Waals surface area contributed by atoms with Gasteiger partial charge < -0.3 is 24.1 Å². The van der Waals surface area contributed by atoms with E-state index in [-0.39, 0.29) is 0 Å². The molecule has 5 heteroatoms. The van der Waals surface area contributed by atoms with Gasteiger partial charge in [0.25, 0.3) is 0 Å². The van der Waals surface area contributed by atoms with Crippen molar-refractivity contribution in [2.45, 2.75) is 6.10 Å². The zero-order valence-corrected chi connectivity index (χ0v) is 14.6. The van der Waals surface area contributed by atoms with Gasteiger partial charge in [-0.15, -0.1) is 0 Å². The van der Waals surface area contributed by atoms with E-state index in [2.05, 4.69) is 13.1 Å². The minimum atomic E-state index is -0.440. The van der Waals surface area contributed by atoms with Crippen molar-refractivity contribution in [1.82, 2.24) is 0 Å². The number of quaternary nitrogens is 2. The molecule has 1 atom stereocenters. The zero-order valence-electron chi connectivity index (χ0n) is 14.6. The van der Waals surface area contributed by atoms with Gasteiger partial charge in [0.1, 0.15) is 62.4 Å². The van der Waals surface area contributed by atoms with E-state index in [4.69, 9.17) is 9.15 Å². The van der Waals surface area contributed by atoms with Crippen LogP contribution in [0.2, 0.25) is 0 Å². The molecule has 1 saturated heterocycles. The molecule has 25 heavy (non-hydrogen) atoms. The lowest BCUT2D eigenvalue weighted by molar-refractivity contribution is -1.00. The Morgan fingerprint density at radius 3 is 2.64 bits per heavy atom. The average Bonchev–Trinajstić information content (AvgIpc) is 3.00. The maximum absolute atomic E-state index is 10.3. The van der Waals surface area contributed by atoms with Crippen LogP contribution in [-0.2, 0) is 0 Å². The van der Waals surface area contributed by atoms with Crippen molar-refractivity contribution >= 4 is 21.9 Å². The fourth-order valence-electron chi connectivity index (χ4n) is 3.61. The van der Waals surface area contributed by atoms with Crippen LogP contribution in [0.4, 0.5) is 0 Å². The summed E-state index contributed by atoms with van der Waals surface area (Å²) in [7, 11) is 2.23. The van der Waals surface area contributed by atoms with E-state index >= 15 is 0 Å². The minimum absolute atomic E-state index is 0.327. The highest BCUT2D eigenvalue weighted by Crippen LogP contribution is 2.31. The van der Waals surface area contributed by atoms with Crippen molar-refractivity contribution in [3.8, 4) is 5.75 Å². The molecule has 3 N–H and O–H groups in total. The van der Waals surface area contributed by atoms with Gasteiger partial charge in [0.15, 0.2) is 0 Å². The second kappa shape index (κ2) is 7.04. The second-order valence-electron chi connectivity index (χ2n) is 7.13. The van der Waals surface area contributed by atoms with Gasteiger partial charge in [-0.2, -0.15) is 0 Å². The van der Waals surface area contributed by atoms with Crippen molar-refractivity contribution in [2.24, 2.45) is 0 Å². The quantitative estimate of drug-likeness (QED) is 0.599. The molecule has 0 unspecified atom stereocenters. The van der Waals surface area contributed by atoms with Crippen LogP contribution in [-0.4, -0.2) is 57.6 Å². The van der Waals surface area contributed by atoms with Crippen LogP contribution in [0.15, 0.2) is 46.9 Å². The van der Waals surface area contributed by atoms with Gasteiger partial charge in [0, 0.05) is 10.8 Å². The lowest BCUT2D eigenvalue weighted by Crippen LogP contribution is -3.27. The Kier molecular flexibility index (Phi) is 4.61. The largest absolute Gasteiger partial charge is 0.491 e. The van der Waals surface area contributed by atoms with Gasteiger partial charge >= 0.3 is 0 Å². The third-order valence-electron chi connectivity index (χ3n) is 5.13. The molecule has 0 saturated carbocycles. The van der Waals surface area contributed by atoms with Crippen molar-refractivity contribution < 1.29 is 24.1 Å². The van der Waals surface area contributed by atoms with E-state index < -0.39 is 6.10 Å². The smallest absolute Gasteiger partial charge is 0.137 e. The maximum atomic E-state index is 10.3. The molecule has 4 rings (SSSR count). The fraction of sp³-hybridized carbons (Fsp3) is 0.400. The van der Waals surface area contributed by atoms with Crippen LogP contribution >= 0.6 is 0 Å². The van der Waals surface area contributed by atoms with E-state index in [1.165, 1.54) is 18.0 Å². The normalized spacial score (nSPS) is 22.3. The summed E-state index contributed by atoms with van der Waals surface area (Å²) >= 11 is 0. The van der Waals surface area contributed by atoms with Gasteiger partial charge in [-0.3, -0.25) is 0 Å². The molecule has 5 nitrogen and oxygen atoms in total. The number of aliphatic hydroxyl groups excluding tert-OH is 1. The molecular weight excluding hydrogens is 316 g/mol. The number of rotatable bonds is 5. The number of aliphatic hydroxyl groups is 1. The number of nitrogens with one attached hydrogen (secondary N) is 2. The van der Waals surface area contributed by atoms with Crippen LogP contribution < -0.4 is 14.5 Å². The van der Waals surface area contributed by atoms with E-state index in [1.807, 2.05) is 36.4 Å². The molecule has 132 valence electrons. The van der Waals surface area contributed by atoms with Crippen LogP contribution in [0, 0.1) is 0 Å². The predicted octanol–water partition coefficient (Wildman–Crippen LogP) is -0.261. The monoisotopic (exact) mass is 342 g/mol. The molecule has 1 aromatic heterocycles. The van der Waals surface area contributed by atoms with Crippen molar-refractivity contribution in [2.75, 3.05) is 46.4 Å². The molecule has 1 aliphatic rings. The van der Waals surface area contributed by atoms with Crippen LogP contribution in [0.3, 0.4) is 0 Å². The second-order valence-corrected chi connectivity index (χ2v) is 7.13. The van der Waals surface area contributed by atoms with E-state index in [0.717, 1.165) is 47.3 Å². The molecule has 1 aliphatic heterocycles. The summed E-state index contributed by atoms with van der Waals surface area (Å²) in [6.45, 7) is 5.67. The predicted molar refractivity (Wildman–Crippen MR) is 97.4 cm³/mol. The number of para-hydroxylation sites is 1. The third-order valence-corrected chi connectivity index (χ3v) is 5.13. The highest BCUT2D eigenvalue weighted by Gasteiger charge is 2.22. The lowest BCUT2D eigenvalue weighted by Gasteiger charge is -2.28. The van der Waals surface area contributed by atoms with E-state index in [9.17, 15) is 5.11 Å². The SMILES string of the molecule is C[NH+]1CC[NH+](C[C@@H](O)COc2ccc3oc4ccccc4c3c2)CC1. The van der Waals surface area contributed by atoms with Crippen LogP contribution in [0.25, 0.3) is 21.9 Å². The first kappa shape index (κ1) is 16.4. The van der Waals surface area contributed by atoms with Gasteiger partial charge in [-0.1, -0.05) is 18.2 Å². The molecule has 1 fully saturated rings. The van der Waals surface area contributed by atoms with Gasteiger partial charge in [-0.25, -0.2) is 0 Å². The summed E-state index contributed by atoms with van der Waals surface area (Å²) in [4.78, 5) is 3.05. The average molecular weight is 342 g/mol. The van der Waals surface area contributed by atoms with Crippen molar-refractivity contribution in [1.29, 1.82) is 0 Å². The highest BCUT2D eigenvalue weighted by molar-refractivity contribution is 6.05. The summed E-state index contributed by atoms with van der Waals surface area (Å²) in [5.74, 6) is 0.774. The highest BCUT2D eigenvalue weighted by atomic mass is 16.5. The molecule has 3 aromatic rings. The number of piperazine rings is 1. The standard InChI is InChI=1S/C20H24N2O3/c1-21-8-10-22(11-9-21)13-15(23)14-24-16-6-7-20-18(12-16)17-4-2-3-5-19(17)25-20/h2-7,12,15,23H,8-11,13-14H2,1H3/p+2/t15-/m1/s1. The first-order valence-corrected chi connectivity index (χ1v) is 9.06. The topological polar surface area (TPSA) is 51.5 Å². The molecular formula is C20H26N2O3+2. The maximum Gasteiger partial charge on any atom is 0.137 e. The Balaban J connectivity index is 1.39. The van der Waals surface area contributed by atoms with E-state index in [1.54, 1.807) is 4.90 Å². The fourth-order valence-corrected chi connectivity index (χ4v) is 3.61. The summed E-state index contributed by atoms with van der Waals surface area (Å²) in [6.07, 6.45) is -0.440. The molecule has 0 radical (unpaired) electrons. The summed E-state index contributed by atoms with van der Waals surface area (Å²) in [6, 6.07) is 13.9. The molecule has 0 spiro atoms. The minimum Gasteiger partial charge on any atom is -0.491 e. The Morgan fingerprint density at radius 1 is 1.04 bits per heavy atom. The summed E-state index contributed by atoms with van der Waals surface area (Å²) in [5, 5.41) is 12.4. The Labute approximate surface area is 147 Å². The number of furan rings is 1. The van der Waals surface area contributed by atoms with Crippen molar-refractivity contribution in [3.05, 3.63) is 42.5 Å². The summed E-state index contributed by atoms with van der Waals surface area (Å²) in [5.41, 5.74) is 1.74. The molecule has 0 bridgehead atoms. The van der Waals surface area contributed by atoms with E-state index in [0.29, 0.717) is 6.61 Å². The van der Waals surface area contributed by atoms with Crippen LogP contribution in [0.1, 0.15) is 0 Å². The van der Waals surface area contributed by atoms with Gasteiger partial charge in [-0.05, 0) is 24.3 Å². The number of likely N-dealkylation sites (N-methyl/N-ethyl adjacent to an activating group) is 1. The lowest BCUT2D eigenvalue weighted by atomic mass is 10.1. The Morgan fingerprint density at radius 2 is 1.80 bits per heavy atom. The number of benzene rings is 2. The molecule has 2 aromatic carbocycles. The first-order valence-electron chi connectivity index (χ1n) is 9.06. The van der Waals surface area contributed by atoms with Gasteiger partial charge in [0.05, 0.1) is 7.05 Å². The third kappa shape index (κ3) is 3.63. The molecule has 0 amide bonds. The number of hydrogen-bond donors (Lipinski definition) is 3. The van der Waals surface area contributed by atoms with Crippen LogP contribution in [0.5, 0.6) is 5.75 Å². The van der Waals surface area contributed by atoms with Crippen molar-refractivity contribution in [3.63, 3.8) is 0 Å². The number of fused-ring (bicyclic) bond motifs is 3. The number of hydrogen-bond acceptors (Lipinski definition) is 3. The molecule has 2 heterocycles. The molecule has 0 aliphatic carbocycles. The number of ether oxygens (including phenoxy) is 1. The van der Waals surface area contributed by atoms with Gasteiger partial charge in [0.2, 0.25) is 0 Å².